The predicted octanol–water partition coefficient (Wildman–Crippen LogP) is 0.726. The van der Waals surface area contributed by atoms with Gasteiger partial charge in [0.15, 0.2) is 0 Å². The first-order chi connectivity index (χ1) is 7.52. The molecule has 1 saturated carbocycles. The maximum atomic E-state index is 11.8. The molecule has 0 saturated heterocycles. The van der Waals surface area contributed by atoms with Crippen molar-refractivity contribution < 1.29 is 9.59 Å². The van der Waals surface area contributed by atoms with Crippen LogP contribution in [-0.4, -0.2) is 29.7 Å². The lowest BCUT2D eigenvalue weighted by Crippen LogP contribution is -2.49. The van der Waals surface area contributed by atoms with E-state index in [9.17, 15) is 9.59 Å². The quantitative estimate of drug-likeness (QED) is 0.638. The molecule has 0 aromatic rings. The molecule has 2 amide bonds. The van der Waals surface area contributed by atoms with Gasteiger partial charge in [-0.25, -0.2) is 0 Å². The Morgan fingerprint density at radius 1 is 1.44 bits per heavy atom. The molecular weight excluding hydrogens is 224 g/mol. The van der Waals surface area contributed by atoms with Gasteiger partial charge in [-0.2, -0.15) is 12.6 Å². The highest BCUT2D eigenvalue weighted by Gasteiger charge is 2.25. The zero-order chi connectivity index (χ0) is 12.1. The summed E-state index contributed by atoms with van der Waals surface area (Å²) < 4.78 is 0. The largest absolute Gasteiger partial charge is 0.352 e. The van der Waals surface area contributed by atoms with E-state index in [1.54, 1.807) is 0 Å². The molecule has 2 N–H and O–H groups in total. The third-order valence-electron chi connectivity index (χ3n) is 2.92. The average molecular weight is 244 g/mol. The fourth-order valence-corrected chi connectivity index (χ4v) is 2.34. The zero-order valence-electron chi connectivity index (χ0n) is 9.82. The van der Waals surface area contributed by atoms with Gasteiger partial charge in [-0.15, -0.1) is 0 Å². The van der Waals surface area contributed by atoms with Crippen LogP contribution in [0, 0.1) is 5.92 Å². The SMILES string of the molecule is CC(=O)NC(CS)C(=O)NC1CCC(C)C1. The van der Waals surface area contributed by atoms with E-state index in [0.29, 0.717) is 11.7 Å². The topological polar surface area (TPSA) is 58.2 Å². The summed E-state index contributed by atoms with van der Waals surface area (Å²) in [5.74, 6) is 0.687. The van der Waals surface area contributed by atoms with Crippen LogP contribution in [0.25, 0.3) is 0 Å². The molecule has 3 unspecified atom stereocenters. The highest BCUT2D eigenvalue weighted by Crippen LogP contribution is 2.24. The maximum absolute atomic E-state index is 11.8. The van der Waals surface area contributed by atoms with Gasteiger partial charge in [-0.3, -0.25) is 9.59 Å². The summed E-state index contributed by atoms with van der Waals surface area (Å²) in [7, 11) is 0. The summed E-state index contributed by atoms with van der Waals surface area (Å²) in [5, 5.41) is 5.55. The van der Waals surface area contributed by atoms with Crippen LogP contribution < -0.4 is 10.6 Å². The second-order valence-corrected chi connectivity index (χ2v) is 4.92. The van der Waals surface area contributed by atoms with Crippen molar-refractivity contribution in [3.63, 3.8) is 0 Å². The molecule has 0 aliphatic heterocycles. The Morgan fingerprint density at radius 3 is 2.56 bits per heavy atom. The molecule has 0 spiro atoms. The van der Waals surface area contributed by atoms with E-state index in [1.165, 1.54) is 6.92 Å². The van der Waals surface area contributed by atoms with Crippen LogP contribution in [0.4, 0.5) is 0 Å². The number of hydrogen-bond acceptors (Lipinski definition) is 3. The Kier molecular flexibility index (Phi) is 5.12. The molecule has 1 aliphatic rings. The van der Waals surface area contributed by atoms with Gasteiger partial charge in [-0.1, -0.05) is 6.92 Å². The normalized spacial score (nSPS) is 26.2. The molecule has 0 bridgehead atoms. The highest BCUT2D eigenvalue weighted by molar-refractivity contribution is 7.80. The van der Waals surface area contributed by atoms with E-state index < -0.39 is 6.04 Å². The Labute approximate surface area is 102 Å². The Morgan fingerprint density at radius 2 is 2.12 bits per heavy atom. The lowest BCUT2D eigenvalue weighted by Gasteiger charge is -2.19. The average Bonchev–Trinajstić information content (AvgIpc) is 2.60. The van der Waals surface area contributed by atoms with Crippen LogP contribution in [0.2, 0.25) is 0 Å². The van der Waals surface area contributed by atoms with Gasteiger partial charge in [0.2, 0.25) is 11.8 Å². The predicted molar refractivity (Wildman–Crippen MR) is 66.4 cm³/mol. The van der Waals surface area contributed by atoms with Gasteiger partial charge >= 0.3 is 0 Å². The van der Waals surface area contributed by atoms with Crippen LogP contribution in [0.5, 0.6) is 0 Å². The molecular formula is C11H20N2O2S. The summed E-state index contributed by atoms with van der Waals surface area (Å²) in [5.41, 5.74) is 0. The van der Waals surface area contributed by atoms with Crippen molar-refractivity contribution in [1.82, 2.24) is 10.6 Å². The van der Waals surface area contributed by atoms with Crippen LogP contribution in [0.3, 0.4) is 0 Å². The van der Waals surface area contributed by atoms with Crippen LogP contribution in [0.1, 0.15) is 33.1 Å². The number of thiol groups is 1. The summed E-state index contributed by atoms with van der Waals surface area (Å²) in [4.78, 5) is 22.7. The van der Waals surface area contributed by atoms with Crippen molar-refractivity contribution in [1.29, 1.82) is 0 Å². The molecule has 1 rings (SSSR count). The van der Waals surface area contributed by atoms with Crippen molar-refractivity contribution in [2.45, 2.75) is 45.2 Å². The summed E-state index contributed by atoms with van der Waals surface area (Å²) in [6.07, 6.45) is 3.23. The van der Waals surface area contributed by atoms with Crippen molar-refractivity contribution in [2.24, 2.45) is 5.92 Å². The first kappa shape index (κ1) is 13.4. The minimum absolute atomic E-state index is 0.121. The van der Waals surface area contributed by atoms with Crippen molar-refractivity contribution in [2.75, 3.05) is 5.75 Å². The van der Waals surface area contributed by atoms with E-state index in [0.717, 1.165) is 19.3 Å². The molecule has 5 heteroatoms. The molecule has 4 nitrogen and oxygen atoms in total. The minimum Gasteiger partial charge on any atom is -0.352 e. The fourth-order valence-electron chi connectivity index (χ4n) is 2.08. The van der Waals surface area contributed by atoms with Crippen LogP contribution in [0.15, 0.2) is 0 Å². The van der Waals surface area contributed by atoms with E-state index in [1.807, 2.05) is 0 Å². The Balaban J connectivity index is 2.40. The molecule has 3 atom stereocenters. The fraction of sp³-hybridized carbons (Fsp3) is 0.818. The monoisotopic (exact) mass is 244 g/mol. The molecule has 1 aliphatic carbocycles. The van der Waals surface area contributed by atoms with Crippen LogP contribution in [-0.2, 0) is 9.59 Å². The van der Waals surface area contributed by atoms with Crippen molar-refractivity contribution in [3.05, 3.63) is 0 Å². The molecule has 0 aromatic heterocycles. The van der Waals surface area contributed by atoms with Gasteiger partial charge in [0.1, 0.15) is 6.04 Å². The lowest BCUT2D eigenvalue weighted by atomic mass is 10.1. The minimum atomic E-state index is -0.517. The summed E-state index contributed by atoms with van der Waals surface area (Å²) in [6, 6.07) is -0.254. The van der Waals surface area contributed by atoms with Gasteiger partial charge in [0.05, 0.1) is 0 Å². The van der Waals surface area contributed by atoms with E-state index >= 15 is 0 Å². The van der Waals surface area contributed by atoms with Gasteiger partial charge in [-0.05, 0) is 25.2 Å². The lowest BCUT2D eigenvalue weighted by molar-refractivity contribution is -0.127. The number of rotatable bonds is 4. The van der Waals surface area contributed by atoms with Crippen molar-refractivity contribution in [3.8, 4) is 0 Å². The van der Waals surface area contributed by atoms with Crippen LogP contribution >= 0.6 is 12.6 Å². The summed E-state index contributed by atoms with van der Waals surface area (Å²) in [6.45, 7) is 3.59. The first-order valence-electron chi connectivity index (χ1n) is 5.71. The molecule has 1 fully saturated rings. The first-order valence-corrected chi connectivity index (χ1v) is 6.34. The van der Waals surface area contributed by atoms with Gasteiger partial charge in [0.25, 0.3) is 0 Å². The van der Waals surface area contributed by atoms with E-state index in [4.69, 9.17) is 0 Å². The highest BCUT2D eigenvalue weighted by atomic mass is 32.1. The Bertz CT molecular complexity index is 271. The third kappa shape index (κ3) is 4.04. The van der Waals surface area contributed by atoms with E-state index in [-0.39, 0.29) is 17.9 Å². The number of nitrogens with one attached hydrogen (secondary N) is 2. The van der Waals surface area contributed by atoms with Crippen molar-refractivity contribution >= 4 is 24.4 Å². The Hall–Kier alpha value is -0.710. The number of hydrogen-bond donors (Lipinski definition) is 3. The molecule has 92 valence electrons. The molecule has 0 aromatic carbocycles. The maximum Gasteiger partial charge on any atom is 0.243 e. The number of amides is 2. The second-order valence-electron chi connectivity index (χ2n) is 4.56. The molecule has 0 radical (unpaired) electrons. The number of carbonyl (C=O) groups is 2. The van der Waals surface area contributed by atoms with Gasteiger partial charge < -0.3 is 10.6 Å². The molecule has 0 heterocycles. The summed E-state index contributed by atoms with van der Waals surface area (Å²) >= 11 is 4.07. The molecule has 16 heavy (non-hydrogen) atoms. The smallest absolute Gasteiger partial charge is 0.243 e. The number of carbonyl (C=O) groups excluding carboxylic acids is 2. The van der Waals surface area contributed by atoms with Gasteiger partial charge in [0, 0.05) is 18.7 Å². The third-order valence-corrected chi connectivity index (χ3v) is 3.28. The van der Waals surface area contributed by atoms with E-state index in [2.05, 4.69) is 30.2 Å². The second kappa shape index (κ2) is 6.13. The standard InChI is InChI=1S/C11H20N2O2S/c1-7-3-4-9(5-7)13-11(15)10(6-16)12-8(2)14/h7,9-10,16H,3-6H2,1-2H3,(H,12,14)(H,13,15). The zero-order valence-corrected chi connectivity index (χ0v) is 10.7.